The summed E-state index contributed by atoms with van der Waals surface area (Å²) < 4.78 is 53.3. The van der Waals surface area contributed by atoms with Crippen LogP contribution in [0.25, 0.3) is 0 Å². The normalized spacial score (nSPS) is 42.3. The van der Waals surface area contributed by atoms with Gasteiger partial charge in [-0.05, 0) is 12.8 Å². The van der Waals surface area contributed by atoms with E-state index in [0.717, 1.165) is 6.92 Å². The van der Waals surface area contributed by atoms with Gasteiger partial charge in [-0.15, -0.1) is 0 Å². The Balaban J connectivity index is 2.53. The summed E-state index contributed by atoms with van der Waals surface area (Å²) in [6, 6.07) is -0.696. The third-order valence-corrected chi connectivity index (χ3v) is 7.19. The molecule has 8 heteroatoms. The van der Waals surface area contributed by atoms with Gasteiger partial charge < -0.3 is 5.11 Å². The van der Waals surface area contributed by atoms with Gasteiger partial charge in [0.25, 0.3) is 5.92 Å². The number of carbonyl (C=O) groups is 1. The van der Waals surface area contributed by atoms with E-state index in [9.17, 15) is 27.1 Å². The van der Waals surface area contributed by atoms with Crippen molar-refractivity contribution < 1.29 is 27.1 Å². The van der Waals surface area contributed by atoms with Gasteiger partial charge in [-0.2, -0.15) is 0 Å². The summed E-state index contributed by atoms with van der Waals surface area (Å²) in [6.45, 7) is 3.47. The van der Waals surface area contributed by atoms with Gasteiger partial charge >= 0.3 is 0 Å². The Labute approximate surface area is 117 Å². The van der Waals surface area contributed by atoms with Gasteiger partial charge in [0.2, 0.25) is 15.9 Å². The van der Waals surface area contributed by atoms with E-state index in [1.54, 1.807) is 6.92 Å². The highest BCUT2D eigenvalue weighted by atomic mass is 32.2. The number of alkyl halides is 2. The van der Waals surface area contributed by atoms with Crippen LogP contribution in [0.3, 0.4) is 0 Å². The summed E-state index contributed by atoms with van der Waals surface area (Å²) in [5.41, 5.74) is 0. The minimum Gasteiger partial charge on any atom is -0.396 e. The number of fused-ring (bicyclic) bond motifs is 1. The second kappa shape index (κ2) is 4.62. The molecular weight excluding hydrogens is 292 g/mol. The average molecular weight is 311 g/mol. The number of hydrogen-bond acceptors (Lipinski definition) is 4. The van der Waals surface area contributed by atoms with Crippen molar-refractivity contribution in [1.82, 2.24) is 4.31 Å². The van der Waals surface area contributed by atoms with Gasteiger partial charge in [0.05, 0.1) is 5.25 Å². The maximum Gasteiger partial charge on any atom is 0.252 e. The van der Waals surface area contributed by atoms with Crippen molar-refractivity contribution in [3.63, 3.8) is 0 Å². The largest absolute Gasteiger partial charge is 0.396 e. The van der Waals surface area contributed by atoms with Gasteiger partial charge in [-0.25, -0.2) is 21.5 Å². The lowest BCUT2D eigenvalue weighted by molar-refractivity contribution is -0.133. The molecule has 5 atom stereocenters. The highest BCUT2D eigenvalue weighted by Gasteiger charge is 2.63. The lowest BCUT2D eigenvalue weighted by Gasteiger charge is -2.42. The molecule has 5 nitrogen and oxygen atoms in total. The van der Waals surface area contributed by atoms with Gasteiger partial charge in [0.15, 0.2) is 0 Å². The second-order valence-corrected chi connectivity index (χ2v) is 7.85. The van der Waals surface area contributed by atoms with E-state index < -0.39 is 63.9 Å². The Morgan fingerprint density at radius 2 is 1.95 bits per heavy atom. The first-order chi connectivity index (χ1) is 9.05. The van der Waals surface area contributed by atoms with Crippen LogP contribution in [0.5, 0.6) is 0 Å². The third-order valence-electron chi connectivity index (χ3n) is 4.81. The minimum atomic E-state index is -4.08. The maximum absolute atomic E-state index is 14.0. The van der Waals surface area contributed by atoms with Crippen molar-refractivity contribution >= 4 is 15.9 Å². The predicted molar refractivity (Wildman–Crippen MR) is 67.5 cm³/mol. The fourth-order valence-corrected chi connectivity index (χ4v) is 6.28. The van der Waals surface area contributed by atoms with Crippen molar-refractivity contribution in [2.45, 2.75) is 44.4 Å². The number of nitrogens with zero attached hydrogens (tertiary/aromatic N) is 1. The van der Waals surface area contributed by atoms with E-state index in [2.05, 4.69) is 0 Å². The Morgan fingerprint density at radius 1 is 1.40 bits per heavy atom. The van der Waals surface area contributed by atoms with E-state index in [0.29, 0.717) is 4.31 Å². The Kier molecular flexibility index (Phi) is 3.61. The molecule has 1 N–H and O–H groups in total. The molecule has 2 rings (SSSR count). The summed E-state index contributed by atoms with van der Waals surface area (Å²) in [7, 11) is -4.08. The zero-order valence-corrected chi connectivity index (χ0v) is 12.4. The molecule has 0 unspecified atom stereocenters. The molecule has 0 spiro atoms. The highest BCUT2D eigenvalue weighted by molar-refractivity contribution is 7.90. The number of halogens is 2. The topological polar surface area (TPSA) is 74.7 Å². The zero-order chi connectivity index (χ0) is 15.5. The molecule has 1 amide bonds. The van der Waals surface area contributed by atoms with Gasteiger partial charge in [0.1, 0.15) is 0 Å². The molecular formula is C12H19F2NO4S. The minimum absolute atomic E-state index is 0.510. The van der Waals surface area contributed by atoms with Gasteiger partial charge in [0, 0.05) is 37.8 Å². The smallest absolute Gasteiger partial charge is 0.252 e. The maximum atomic E-state index is 14.0. The third kappa shape index (κ3) is 1.95. The number of amides is 1. The van der Waals surface area contributed by atoms with Crippen molar-refractivity contribution in [3.8, 4) is 0 Å². The van der Waals surface area contributed by atoms with Crippen LogP contribution in [0.1, 0.15) is 27.2 Å². The van der Waals surface area contributed by atoms with Crippen LogP contribution in [-0.2, 0) is 14.8 Å². The van der Waals surface area contributed by atoms with Crippen LogP contribution < -0.4 is 0 Å². The number of aliphatic hydroxyl groups is 1. The fourth-order valence-electron chi connectivity index (χ4n) is 3.76. The Bertz CT molecular complexity index is 522. The highest BCUT2D eigenvalue weighted by Crippen LogP contribution is 2.52. The first kappa shape index (κ1) is 15.6. The molecule has 0 bridgehead atoms. The van der Waals surface area contributed by atoms with Crippen LogP contribution in [0.4, 0.5) is 8.78 Å². The number of sulfonamides is 1. The Hall–Kier alpha value is -0.760. The summed E-state index contributed by atoms with van der Waals surface area (Å²) >= 11 is 0. The summed E-state index contributed by atoms with van der Waals surface area (Å²) in [4.78, 5) is 11.6. The molecule has 116 valence electrons. The van der Waals surface area contributed by atoms with Gasteiger partial charge in [-0.1, -0.05) is 6.92 Å². The average Bonchev–Trinajstić information content (AvgIpc) is 2.48. The molecule has 1 saturated carbocycles. The quantitative estimate of drug-likeness (QED) is 0.778. The van der Waals surface area contributed by atoms with Crippen molar-refractivity contribution in [2.24, 2.45) is 17.8 Å². The lowest BCUT2D eigenvalue weighted by Crippen LogP contribution is -2.51. The van der Waals surface area contributed by atoms with Crippen LogP contribution >= 0.6 is 0 Å². The Morgan fingerprint density at radius 3 is 2.40 bits per heavy atom. The van der Waals surface area contributed by atoms with E-state index in [4.69, 9.17) is 0 Å². The molecule has 1 heterocycles. The van der Waals surface area contributed by atoms with Crippen molar-refractivity contribution in [2.75, 3.05) is 6.61 Å². The summed E-state index contributed by atoms with van der Waals surface area (Å²) in [5, 5.41) is 8.12. The molecule has 0 aromatic carbocycles. The van der Waals surface area contributed by atoms with Crippen LogP contribution in [0.2, 0.25) is 0 Å². The first-order valence-corrected chi connectivity index (χ1v) is 8.08. The molecule has 0 radical (unpaired) electrons. The molecule has 0 aromatic heterocycles. The van der Waals surface area contributed by atoms with Crippen LogP contribution in [0.15, 0.2) is 0 Å². The predicted octanol–water partition coefficient (Wildman–Crippen LogP) is 0.835. The molecule has 0 aromatic rings. The first-order valence-electron chi connectivity index (χ1n) is 6.58. The lowest BCUT2D eigenvalue weighted by atomic mass is 9.68. The van der Waals surface area contributed by atoms with Crippen LogP contribution in [-0.4, -0.2) is 47.6 Å². The summed E-state index contributed by atoms with van der Waals surface area (Å²) in [5.74, 6) is -6.42. The number of aliphatic hydroxyl groups excluding tert-OH is 1. The monoisotopic (exact) mass is 311 g/mol. The standard InChI is InChI=1S/C12H19F2NO4S/c1-6-9(5-16)11-7(2)15(8(3)17)20(18,19)10(11)4-12(6,13)14/h6-7,9-11,16H,4-5H2,1-3H3/t6-,7+,9-,10+,11-/m0/s1. The zero-order valence-electron chi connectivity index (χ0n) is 11.6. The molecule has 1 saturated heterocycles. The van der Waals surface area contributed by atoms with E-state index in [1.807, 2.05) is 0 Å². The fraction of sp³-hybridized carbons (Fsp3) is 0.917. The van der Waals surface area contributed by atoms with E-state index in [-0.39, 0.29) is 0 Å². The SMILES string of the molecule is CC(=O)N1[C@H](C)[C@H]2[C@@H](CO)[C@H](C)C(F)(F)C[C@H]2S1(=O)=O. The van der Waals surface area contributed by atoms with Crippen LogP contribution in [0, 0.1) is 17.8 Å². The number of hydrogen-bond donors (Lipinski definition) is 1. The molecule has 2 aliphatic rings. The van der Waals surface area contributed by atoms with Crippen molar-refractivity contribution in [1.29, 1.82) is 0 Å². The molecule has 2 fully saturated rings. The van der Waals surface area contributed by atoms with Gasteiger partial charge in [-0.3, -0.25) is 4.79 Å². The molecule has 1 aliphatic heterocycles. The van der Waals surface area contributed by atoms with E-state index >= 15 is 0 Å². The van der Waals surface area contributed by atoms with E-state index in [1.165, 1.54) is 6.92 Å². The molecule has 1 aliphatic carbocycles. The second-order valence-electron chi connectivity index (χ2n) is 5.82. The number of rotatable bonds is 1. The van der Waals surface area contributed by atoms with Crippen molar-refractivity contribution in [3.05, 3.63) is 0 Å². The number of carbonyl (C=O) groups excluding carboxylic acids is 1. The summed E-state index contributed by atoms with van der Waals surface area (Å²) in [6.07, 6.45) is -0.786. The molecule has 20 heavy (non-hydrogen) atoms.